The SMILES string of the molecule is CS(=O)(=O)CCC(C(=O)Nc1cccc2c1CCCC2)N1C(=O)c2ccccc2C1=O. The van der Waals surface area contributed by atoms with Crippen LogP contribution in [0.3, 0.4) is 0 Å². The van der Waals surface area contributed by atoms with Crippen LogP contribution >= 0.6 is 0 Å². The molecule has 2 aliphatic rings. The third-order valence-electron chi connectivity index (χ3n) is 5.86. The number of nitrogens with one attached hydrogen (secondary N) is 1. The van der Waals surface area contributed by atoms with Crippen LogP contribution in [0.15, 0.2) is 42.5 Å². The predicted octanol–water partition coefficient (Wildman–Crippen LogP) is 2.60. The first-order chi connectivity index (χ1) is 14.8. The quantitative estimate of drug-likeness (QED) is 0.696. The Morgan fingerprint density at radius 3 is 2.29 bits per heavy atom. The first-order valence-corrected chi connectivity index (χ1v) is 12.4. The average Bonchev–Trinajstić information content (AvgIpc) is 2.99. The zero-order chi connectivity index (χ0) is 22.2. The van der Waals surface area contributed by atoms with E-state index >= 15 is 0 Å². The molecule has 0 radical (unpaired) electrons. The Kier molecular flexibility index (Phi) is 5.66. The number of amides is 3. The van der Waals surface area contributed by atoms with Crippen LogP contribution in [-0.4, -0.2) is 49.1 Å². The van der Waals surface area contributed by atoms with Crippen molar-refractivity contribution in [3.05, 3.63) is 64.7 Å². The van der Waals surface area contributed by atoms with Gasteiger partial charge >= 0.3 is 0 Å². The Balaban J connectivity index is 1.65. The van der Waals surface area contributed by atoms with Gasteiger partial charge in [0, 0.05) is 11.9 Å². The number of carbonyl (C=O) groups is 3. The van der Waals surface area contributed by atoms with Crippen molar-refractivity contribution in [2.75, 3.05) is 17.3 Å². The van der Waals surface area contributed by atoms with E-state index < -0.39 is 33.6 Å². The Morgan fingerprint density at radius 2 is 1.65 bits per heavy atom. The standard InChI is InChI=1S/C23H24N2O5S/c1-31(29,30)14-13-20(25-22(27)17-10-4-5-11-18(17)23(25)28)21(26)24-19-12-6-8-15-7-2-3-9-16(15)19/h4-6,8,10-12,20H,2-3,7,9,13-14H2,1H3,(H,24,26). The summed E-state index contributed by atoms with van der Waals surface area (Å²) in [5, 5.41) is 2.87. The molecule has 0 bridgehead atoms. The maximum atomic E-state index is 13.3. The number of benzene rings is 2. The van der Waals surface area contributed by atoms with Crippen LogP contribution in [0.2, 0.25) is 0 Å². The van der Waals surface area contributed by atoms with E-state index in [1.54, 1.807) is 18.2 Å². The van der Waals surface area contributed by atoms with E-state index in [9.17, 15) is 22.8 Å². The molecule has 0 fully saturated rings. The van der Waals surface area contributed by atoms with E-state index in [4.69, 9.17) is 0 Å². The monoisotopic (exact) mass is 440 g/mol. The van der Waals surface area contributed by atoms with Gasteiger partial charge in [-0.05, 0) is 61.4 Å². The molecule has 1 aliphatic carbocycles. The van der Waals surface area contributed by atoms with E-state index in [-0.39, 0.29) is 23.3 Å². The molecule has 31 heavy (non-hydrogen) atoms. The largest absolute Gasteiger partial charge is 0.324 e. The van der Waals surface area contributed by atoms with Crippen molar-refractivity contribution >= 4 is 33.2 Å². The fourth-order valence-corrected chi connectivity index (χ4v) is 4.96. The molecule has 0 aromatic heterocycles. The number of hydrogen-bond acceptors (Lipinski definition) is 5. The molecule has 0 saturated carbocycles. The summed E-state index contributed by atoms with van der Waals surface area (Å²) < 4.78 is 23.6. The van der Waals surface area contributed by atoms with E-state index in [0.29, 0.717) is 5.69 Å². The molecule has 2 aromatic rings. The molecule has 1 unspecified atom stereocenters. The highest BCUT2D eigenvalue weighted by Gasteiger charge is 2.43. The summed E-state index contributed by atoms with van der Waals surface area (Å²) in [6.07, 6.45) is 4.80. The number of rotatable bonds is 6. The van der Waals surface area contributed by atoms with Crippen molar-refractivity contribution < 1.29 is 22.8 Å². The first kappa shape index (κ1) is 21.2. The highest BCUT2D eigenvalue weighted by atomic mass is 32.2. The van der Waals surface area contributed by atoms with Gasteiger partial charge < -0.3 is 5.32 Å². The van der Waals surface area contributed by atoms with E-state index in [1.165, 1.54) is 17.7 Å². The van der Waals surface area contributed by atoms with Crippen LogP contribution in [0.5, 0.6) is 0 Å². The topological polar surface area (TPSA) is 101 Å². The van der Waals surface area contributed by atoms with E-state index in [1.807, 2.05) is 12.1 Å². The summed E-state index contributed by atoms with van der Waals surface area (Å²) in [6.45, 7) is 0. The second-order valence-corrected chi connectivity index (χ2v) is 10.4. The zero-order valence-corrected chi connectivity index (χ0v) is 18.1. The van der Waals surface area contributed by atoms with Gasteiger partial charge in [0.2, 0.25) is 5.91 Å². The van der Waals surface area contributed by atoms with Gasteiger partial charge in [0.25, 0.3) is 11.8 Å². The number of sulfone groups is 1. The van der Waals surface area contributed by atoms with Crippen molar-refractivity contribution in [2.45, 2.75) is 38.1 Å². The molecule has 8 heteroatoms. The zero-order valence-electron chi connectivity index (χ0n) is 17.3. The van der Waals surface area contributed by atoms with Crippen LogP contribution in [0.1, 0.15) is 51.1 Å². The average molecular weight is 441 g/mol. The molecule has 1 atom stereocenters. The Labute approximate surface area is 181 Å². The minimum atomic E-state index is -3.40. The lowest BCUT2D eigenvalue weighted by molar-refractivity contribution is -0.120. The summed E-state index contributed by atoms with van der Waals surface area (Å²) in [6, 6.07) is 10.9. The molecule has 4 rings (SSSR count). The van der Waals surface area contributed by atoms with Gasteiger partial charge in [-0.2, -0.15) is 0 Å². The van der Waals surface area contributed by atoms with E-state index in [2.05, 4.69) is 5.32 Å². The summed E-state index contributed by atoms with van der Waals surface area (Å²) >= 11 is 0. The third-order valence-corrected chi connectivity index (χ3v) is 6.83. The molecule has 3 amide bonds. The van der Waals surface area contributed by atoms with Crippen LogP contribution < -0.4 is 5.32 Å². The summed E-state index contributed by atoms with van der Waals surface area (Å²) in [7, 11) is -3.40. The highest BCUT2D eigenvalue weighted by Crippen LogP contribution is 2.30. The molecule has 162 valence electrons. The van der Waals surface area contributed by atoms with Gasteiger partial charge in [-0.3, -0.25) is 19.3 Å². The molecule has 1 N–H and O–H groups in total. The Morgan fingerprint density at radius 1 is 1.00 bits per heavy atom. The first-order valence-electron chi connectivity index (χ1n) is 10.3. The van der Waals surface area contributed by atoms with Crippen LogP contribution in [0.25, 0.3) is 0 Å². The maximum Gasteiger partial charge on any atom is 0.262 e. The Bertz CT molecular complexity index is 1140. The van der Waals surface area contributed by atoms with Crippen molar-refractivity contribution in [3.63, 3.8) is 0 Å². The highest BCUT2D eigenvalue weighted by molar-refractivity contribution is 7.90. The number of imide groups is 1. The number of anilines is 1. The predicted molar refractivity (Wildman–Crippen MR) is 117 cm³/mol. The number of nitrogens with zero attached hydrogens (tertiary/aromatic N) is 1. The Hall–Kier alpha value is -3.00. The van der Waals surface area contributed by atoms with Gasteiger partial charge in [0.15, 0.2) is 0 Å². The summed E-state index contributed by atoms with van der Waals surface area (Å²) in [5.41, 5.74) is 3.34. The number of hydrogen-bond donors (Lipinski definition) is 1. The van der Waals surface area contributed by atoms with Crippen molar-refractivity contribution in [1.29, 1.82) is 0 Å². The molecule has 0 saturated heterocycles. The molecule has 1 aliphatic heterocycles. The number of aryl methyl sites for hydroxylation is 1. The van der Waals surface area contributed by atoms with E-state index in [0.717, 1.165) is 42.4 Å². The van der Waals surface area contributed by atoms with Gasteiger partial charge in [-0.1, -0.05) is 24.3 Å². The summed E-state index contributed by atoms with van der Waals surface area (Å²) in [4.78, 5) is 40.1. The lowest BCUT2D eigenvalue weighted by atomic mass is 9.90. The molecule has 2 aromatic carbocycles. The van der Waals surface area contributed by atoms with Gasteiger partial charge in [-0.25, -0.2) is 8.42 Å². The van der Waals surface area contributed by atoms with Crippen LogP contribution in [-0.2, 0) is 27.5 Å². The number of fused-ring (bicyclic) bond motifs is 2. The minimum Gasteiger partial charge on any atom is -0.324 e. The van der Waals surface area contributed by atoms with Crippen molar-refractivity contribution in [1.82, 2.24) is 4.90 Å². The molecule has 0 spiro atoms. The van der Waals surface area contributed by atoms with Crippen LogP contribution in [0.4, 0.5) is 5.69 Å². The van der Waals surface area contributed by atoms with Gasteiger partial charge in [-0.15, -0.1) is 0 Å². The lowest BCUT2D eigenvalue weighted by Gasteiger charge is -2.26. The number of carbonyl (C=O) groups excluding carboxylic acids is 3. The summed E-state index contributed by atoms with van der Waals surface area (Å²) in [5.74, 6) is -2.03. The van der Waals surface area contributed by atoms with Gasteiger partial charge in [0.05, 0.1) is 16.9 Å². The fraction of sp³-hybridized carbons (Fsp3) is 0.348. The van der Waals surface area contributed by atoms with Crippen LogP contribution in [0, 0.1) is 0 Å². The van der Waals surface area contributed by atoms with Gasteiger partial charge in [0.1, 0.15) is 15.9 Å². The third kappa shape index (κ3) is 4.25. The second-order valence-electron chi connectivity index (χ2n) is 8.10. The minimum absolute atomic E-state index is 0.162. The normalized spacial score (nSPS) is 16.6. The maximum absolute atomic E-state index is 13.3. The van der Waals surface area contributed by atoms with Crippen molar-refractivity contribution in [2.24, 2.45) is 0 Å². The molecular weight excluding hydrogens is 416 g/mol. The van der Waals surface area contributed by atoms with Crippen molar-refractivity contribution in [3.8, 4) is 0 Å². The molecule has 1 heterocycles. The second kappa shape index (κ2) is 8.26. The molecule has 7 nitrogen and oxygen atoms in total. The fourth-order valence-electron chi connectivity index (χ4n) is 4.31. The molecular formula is C23H24N2O5S. The lowest BCUT2D eigenvalue weighted by Crippen LogP contribution is -2.48. The smallest absolute Gasteiger partial charge is 0.262 e.